The second-order valence-corrected chi connectivity index (χ2v) is 13.7. The van der Waals surface area contributed by atoms with Crippen molar-refractivity contribution in [3.63, 3.8) is 0 Å². The molecule has 1 atom stereocenters. The molecule has 0 aromatic carbocycles. The van der Waals surface area contributed by atoms with Crippen molar-refractivity contribution in [3.8, 4) is 0 Å². The van der Waals surface area contributed by atoms with E-state index in [-0.39, 0.29) is 12.8 Å². The topological polar surface area (TPSA) is 54.4 Å². The normalized spacial score (nSPS) is 13.7. The van der Waals surface area contributed by atoms with E-state index in [9.17, 15) is 13.0 Å². The van der Waals surface area contributed by atoms with Crippen LogP contribution in [0.25, 0.3) is 0 Å². The lowest BCUT2D eigenvalue weighted by atomic mass is 10.0. The summed E-state index contributed by atoms with van der Waals surface area (Å²) < 4.78 is 48.1. The molecule has 0 aliphatic rings. The number of unbranched alkanes of at least 4 members (excludes halogenated alkanes) is 26. The molecule has 0 radical (unpaired) electrons. The Kier molecular flexibility index (Phi) is 26.9. The fraction of sp³-hybridized carbons (Fsp3) is 1.00. The summed E-state index contributed by atoms with van der Waals surface area (Å²) in [6.45, 7) is 4.48. The fourth-order valence-electron chi connectivity index (χ4n) is 5.55. The van der Waals surface area contributed by atoms with Crippen LogP contribution in [0.2, 0.25) is 0 Å². The van der Waals surface area contributed by atoms with E-state index in [4.69, 9.17) is 0 Å². The average Bonchev–Trinajstić information content (AvgIpc) is 2.88. The van der Waals surface area contributed by atoms with Crippen molar-refractivity contribution >= 4 is 10.1 Å². The van der Waals surface area contributed by atoms with Gasteiger partial charge in [0.15, 0.2) is 0 Å². The van der Waals surface area contributed by atoms with Crippen LogP contribution in [0.5, 0.6) is 0 Å². The zero-order chi connectivity index (χ0) is 28.2. The summed E-state index contributed by atoms with van der Waals surface area (Å²) in [4.78, 5) is 0. The third-order valence-corrected chi connectivity index (χ3v) is 9.60. The smallest absolute Gasteiger partial charge is 0.283 e. The molecule has 0 rings (SSSR count). The minimum absolute atomic E-state index is 0.0677. The van der Waals surface area contributed by atoms with Gasteiger partial charge in [0, 0.05) is 0 Å². The Bertz CT molecular complexity index is 581. The largest absolute Gasteiger partial charge is 0.300 e. The van der Waals surface area contributed by atoms with Crippen LogP contribution in [0.15, 0.2) is 0 Å². The van der Waals surface area contributed by atoms with Crippen LogP contribution in [0.1, 0.15) is 206 Å². The summed E-state index contributed by atoms with van der Waals surface area (Å²) in [5.41, 5.74) is 0. The fourth-order valence-corrected chi connectivity index (χ4v) is 6.35. The van der Waals surface area contributed by atoms with Gasteiger partial charge in [0.05, 0.1) is 0 Å². The highest BCUT2D eigenvalue weighted by molar-refractivity contribution is 7.87. The van der Waals surface area contributed by atoms with Gasteiger partial charge in [0.1, 0.15) is 0 Å². The van der Waals surface area contributed by atoms with Gasteiger partial charge >= 0.3 is 0 Å². The van der Waals surface area contributed by atoms with E-state index in [1.165, 1.54) is 128 Å². The van der Waals surface area contributed by atoms with Crippen LogP contribution < -0.4 is 0 Å². The summed E-state index contributed by atoms with van der Waals surface area (Å²) in [5, 5.41) is -2.46. The van der Waals surface area contributed by atoms with Crippen molar-refractivity contribution in [3.05, 3.63) is 0 Å². The van der Waals surface area contributed by atoms with Gasteiger partial charge < -0.3 is 0 Å². The number of hydrogen-bond donors (Lipinski definition) is 1. The van der Waals surface area contributed by atoms with Gasteiger partial charge in [-0.2, -0.15) is 8.42 Å². The molecule has 0 bridgehead atoms. The number of halogens is 1. The lowest BCUT2D eigenvalue weighted by Gasteiger charge is -2.22. The minimum atomic E-state index is -4.66. The second kappa shape index (κ2) is 27.0. The van der Waals surface area contributed by atoms with E-state index in [0.717, 1.165) is 38.5 Å². The Hall–Kier alpha value is -0.160. The van der Waals surface area contributed by atoms with Crippen LogP contribution >= 0.6 is 0 Å². The molecule has 0 aliphatic heterocycles. The Balaban J connectivity index is 3.61. The predicted molar refractivity (Wildman–Crippen MR) is 165 cm³/mol. The molecule has 0 amide bonds. The lowest BCUT2D eigenvalue weighted by Crippen LogP contribution is -2.33. The van der Waals surface area contributed by atoms with Gasteiger partial charge in [-0.3, -0.25) is 4.55 Å². The summed E-state index contributed by atoms with van der Waals surface area (Å²) in [7, 11) is -4.66. The molecular formula is C33H67FO3S. The van der Waals surface area contributed by atoms with Crippen molar-refractivity contribution in [1.82, 2.24) is 0 Å². The summed E-state index contributed by atoms with van der Waals surface area (Å²) >= 11 is 0. The molecule has 1 unspecified atom stereocenters. The van der Waals surface area contributed by atoms with Gasteiger partial charge in [-0.15, -0.1) is 0 Å². The van der Waals surface area contributed by atoms with Crippen molar-refractivity contribution in [2.45, 2.75) is 211 Å². The first kappa shape index (κ1) is 37.8. The van der Waals surface area contributed by atoms with Crippen LogP contribution in [0, 0.1) is 0 Å². The molecule has 0 spiro atoms. The third-order valence-electron chi connectivity index (χ3n) is 8.27. The van der Waals surface area contributed by atoms with Crippen LogP contribution in [-0.2, 0) is 10.1 Å². The molecule has 230 valence electrons. The molecule has 3 nitrogen and oxygen atoms in total. The van der Waals surface area contributed by atoms with Gasteiger partial charge in [-0.1, -0.05) is 181 Å². The molecule has 38 heavy (non-hydrogen) atoms. The molecule has 0 aliphatic carbocycles. The van der Waals surface area contributed by atoms with E-state index in [1.54, 1.807) is 0 Å². The maximum absolute atomic E-state index is 15.1. The molecular weight excluding hydrogens is 495 g/mol. The average molecular weight is 563 g/mol. The first-order valence-corrected chi connectivity index (χ1v) is 18.5. The SMILES string of the molecule is CCCCCCCCCCCCCCCCCCCCCC(F)(CCCCCCCCCCC)S(=O)(=O)O. The first-order chi connectivity index (χ1) is 18.4. The van der Waals surface area contributed by atoms with E-state index >= 15 is 4.39 Å². The standard InChI is InChI=1S/C33H67FO3S/c1-3-5-7-9-11-13-14-15-16-17-18-19-20-21-22-24-26-28-30-32-33(34,38(35,36)37)31-29-27-25-23-12-10-8-6-4-2/h3-32H2,1-2H3,(H,35,36,37). The highest BCUT2D eigenvalue weighted by Gasteiger charge is 2.42. The van der Waals surface area contributed by atoms with E-state index in [1.807, 2.05) is 0 Å². The molecule has 0 aromatic rings. The number of alkyl halides is 1. The maximum atomic E-state index is 15.1. The minimum Gasteiger partial charge on any atom is -0.283 e. The third kappa shape index (κ3) is 23.7. The zero-order valence-electron chi connectivity index (χ0n) is 25.8. The zero-order valence-corrected chi connectivity index (χ0v) is 26.6. The summed E-state index contributed by atoms with van der Waals surface area (Å²) in [5.74, 6) is 0. The van der Waals surface area contributed by atoms with Gasteiger partial charge in [-0.25, -0.2) is 4.39 Å². The first-order valence-electron chi connectivity index (χ1n) is 17.0. The number of hydrogen-bond acceptors (Lipinski definition) is 2. The molecule has 1 N–H and O–H groups in total. The lowest BCUT2D eigenvalue weighted by molar-refractivity contribution is 0.203. The molecule has 0 saturated heterocycles. The van der Waals surface area contributed by atoms with Gasteiger partial charge in [-0.05, 0) is 25.7 Å². The van der Waals surface area contributed by atoms with Crippen molar-refractivity contribution in [1.29, 1.82) is 0 Å². The molecule has 0 aromatic heterocycles. The van der Waals surface area contributed by atoms with Crippen LogP contribution in [-0.4, -0.2) is 18.0 Å². The molecule has 0 heterocycles. The van der Waals surface area contributed by atoms with Gasteiger partial charge in [0.25, 0.3) is 10.1 Å². The Labute approximate surface area is 238 Å². The summed E-state index contributed by atoms with van der Waals surface area (Å²) in [6.07, 6.45) is 33.8. The van der Waals surface area contributed by atoms with Crippen molar-refractivity contribution in [2.75, 3.05) is 0 Å². The Morgan fingerprint density at radius 2 is 0.605 bits per heavy atom. The molecule has 0 fully saturated rings. The van der Waals surface area contributed by atoms with E-state index in [0.29, 0.717) is 12.8 Å². The predicted octanol–water partition coefficient (Wildman–Crippen LogP) is 12.3. The monoisotopic (exact) mass is 562 g/mol. The maximum Gasteiger partial charge on any atom is 0.300 e. The van der Waals surface area contributed by atoms with Crippen LogP contribution in [0.4, 0.5) is 4.39 Å². The summed E-state index contributed by atoms with van der Waals surface area (Å²) in [6, 6.07) is 0. The highest BCUT2D eigenvalue weighted by atomic mass is 32.2. The Morgan fingerprint density at radius 3 is 0.789 bits per heavy atom. The second-order valence-electron chi connectivity index (χ2n) is 12.1. The van der Waals surface area contributed by atoms with Crippen molar-refractivity contribution in [2.24, 2.45) is 0 Å². The van der Waals surface area contributed by atoms with Gasteiger partial charge in [0.2, 0.25) is 5.00 Å². The molecule has 5 heteroatoms. The van der Waals surface area contributed by atoms with Crippen molar-refractivity contribution < 1.29 is 17.4 Å². The van der Waals surface area contributed by atoms with E-state index in [2.05, 4.69) is 13.8 Å². The van der Waals surface area contributed by atoms with E-state index < -0.39 is 15.1 Å². The number of rotatable bonds is 31. The molecule has 0 saturated carbocycles. The Morgan fingerprint density at radius 1 is 0.421 bits per heavy atom. The quantitative estimate of drug-likeness (QED) is 0.0675. The highest BCUT2D eigenvalue weighted by Crippen LogP contribution is 2.32. The van der Waals surface area contributed by atoms with Crippen LogP contribution in [0.3, 0.4) is 0 Å².